The van der Waals surface area contributed by atoms with Crippen LogP contribution >= 0.6 is 0 Å². The average molecular weight is 312 g/mol. The van der Waals surface area contributed by atoms with Gasteiger partial charge in [0.15, 0.2) is 0 Å². The molecule has 0 spiro atoms. The number of nitrogens with one attached hydrogen (secondary N) is 2. The molecule has 1 aliphatic rings. The Labute approximate surface area is 133 Å². The molecule has 23 heavy (non-hydrogen) atoms. The molecule has 0 bridgehead atoms. The molecule has 0 saturated carbocycles. The van der Waals surface area contributed by atoms with Crippen molar-refractivity contribution in [3.63, 3.8) is 0 Å². The molecule has 2 N–H and O–H groups in total. The summed E-state index contributed by atoms with van der Waals surface area (Å²) in [4.78, 5) is 24.3. The molecule has 0 saturated heterocycles. The van der Waals surface area contributed by atoms with Gasteiger partial charge in [-0.15, -0.1) is 0 Å². The number of benzene rings is 2. The van der Waals surface area contributed by atoms with Crippen molar-refractivity contribution in [1.29, 1.82) is 0 Å². The average Bonchev–Trinajstić information content (AvgIpc) is 2.56. The first-order valence-electron chi connectivity index (χ1n) is 7.27. The van der Waals surface area contributed by atoms with Gasteiger partial charge in [-0.25, -0.2) is 0 Å². The maximum absolute atomic E-state index is 12.3. The Balaban J connectivity index is 1.70. The van der Waals surface area contributed by atoms with E-state index in [4.69, 9.17) is 9.47 Å². The third-order valence-electron chi connectivity index (χ3n) is 3.30. The summed E-state index contributed by atoms with van der Waals surface area (Å²) in [6, 6.07) is 13.9. The Morgan fingerprint density at radius 2 is 1.96 bits per heavy atom. The highest BCUT2D eigenvalue weighted by molar-refractivity contribution is 6.15. The molecule has 118 valence electrons. The van der Waals surface area contributed by atoms with Gasteiger partial charge < -0.3 is 20.1 Å². The summed E-state index contributed by atoms with van der Waals surface area (Å²) in [5.74, 6) is 0.165. The van der Waals surface area contributed by atoms with E-state index in [1.807, 2.05) is 6.92 Å². The van der Waals surface area contributed by atoms with E-state index in [2.05, 4.69) is 10.6 Å². The molecule has 1 atom stereocenters. The first-order chi connectivity index (χ1) is 11.2. The number of carbonyl (C=O) groups excluding carboxylic acids is 2. The third-order valence-corrected chi connectivity index (χ3v) is 3.30. The maximum atomic E-state index is 12.3. The van der Waals surface area contributed by atoms with E-state index in [1.54, 1.807) is 48.5 Å². The smallest absolute Gasteiger partial charge is 0.275 e. The largest absolute Gasteiger partial charge is 0.494 e. The van der Waals surface area contributed by atoms with Crippen molar-refractivity contribution in [2.24, 2.45) is 0 Å². The van der Waals surface area contributed by atoms with Crippen LogP contribution in [0.4, 0.5) is 11.4 Å². The second-order valence-electron chi connectivity index (χ2n) is 4.93. The van der Waals surface area contributed by atoms with Crippen molar-refractivity contribution in [2.75, 3.05) is 17.2 Å². The molecule has 0 aliphatic carbocycles. The zero-order valence-electron chi connectivity index (χ0n) is 12.5. The van der Waals surface area contributed by atoms with E-state index in [-0.39, 0.29) is 0 Å². The van der Waals surface area contributed by atoms with Crippen molar-refractivity contribution in [3.8, 4) is 11.5 Å². The van der Waals surface area contributed by atoms with Crippen LogP contribution in [0.2, 0.25) is 0 Å². The molecule has 0 radical (unpaired) electrons. The number of amides is 2. The van der Waals surface area contributed by atoms with Gasteiger partial charge in [-0.1, -0.05) is 12.1 Å². The van der Waals surface area contributed by atoms with Crippen LogP contribution in [0.25, 0.3) is 0 Å². The Morgan fingerprint density at radius 3 is 2.70 bits per heavy atom. The molecule has 2 aromatic rings. The summed E-state index contributed by atoms with van der Waals surface area (Å²) in [6.07, 6.45) is -1.23. The van der Waals surface area contributed by atoms with Crippen LogP contribution in [0.1, 0.15) is 6.92 Å². The molecule has 0 unspecified atom stereocenters. The number of ether oxygens (including phenoxy) is 2. The van der Waals surface area contributed by atoms with Gasteiger partial charge in [-0.05, 0) is 43.3 Å². The zero-order chi connectivity index (χ0) is 16.2. The quantitative estimate of drug-likeness (QED) is 0.850. The summed E-state index contributed by atoms with van der Waals surface area (Å²) in [5, 5.41) is 5.32. The molecule has 2 aromatic carbocycles. The minimum atomic E-state index is -1.23. The highest BCUT2D eigenvalue weighted by atomic mass is 16.5. The molecule has 6 nitrogen and oxygen atoms in total. The van der Waals surface area contributed by atoms with Crippen molar-refractivity contribution in [2.45, 2.75) is 13.0 Å². The highest BCUT2D eigenvalue weighted by Crippen LogP contribution is 2.29. The van der Waals surface area contributed by atoms with Crippen molar-refractivity contribution in [1.82, 2.24) is 0 Å². The molecule has 0 fully saturated rings. The molecule has 0 aromatic heterocycles. The third kappa shape index (κ3) is 3.26. The number of para-hydroxylation sites is 2. The van der Waals surface area contributed by atoms with E-state index in [1.165, 1.54) is 0 Å². The Kier molecular flexibility index (Phi) is 4.14. The monoisotopic (exact) mass is 312 g/mol. The first kappa shape index (κ1) is 14.9. The predicted molar refractivity (Wildman–Crippen MR) is 85.7 cm³/mol. The summed E-state index contributed by atoms with van der Waals surface area (Å²) in [6.45, 7) is 2.47. The number of fused-ring (bicyclic) bond motifs is 1. The van der Waals surface area contributed by atoms with Crippen LogP contribution < -0.4 is 20.1 Å². The van der Waals surface area contributed by atoms with Gasteiger partial charge >= 0.3 is 0 Å². The second-order valence-corrected chi connectivity index (χ2v) is 4.93. The molecule has 1 heterocycles. The second kappa shape index (κ2) is 6.39. The highest BCUT2D eigenvalue weighted by Gasteiger charge is 2.33. The van der Waals surface area contributed by atoms with Gasteiger partial charge in [-0.2, -0.15) is 0 Å². The van der Waals surface area contributed by atoms with E-state index >= 15 is 0 Å². The zero-order valence-corrected chi connectivity index (χ0v) is 12.5. The molecular weight excluding hydrogens is 296 g/mol. The lowest BCUT2D eigenvalue weighted by Gasteiger charge is -2.24. The number of carbonyl (C=O) groups is 2. The minimum Gasteiger partial charge on any atom is -0.494 e. The van der Waals surface area contributed by atoms with Crippen LogP contribution in [0.3, 0.4) is 0 Å². The Morgan fingerprint density at radius 1 is 1.22 bits per heavy atom. The molecule has 3 rings (SSSR count). The van der Waals surface area contributed by atoms with Crippen LogP contribution in [0.15, 0.2) is 48.5 Å². The van der Waals surface area contributed by atoms with Gasteiger partial charge in [0.05, 0.1) is 12.3 Å². The van der Waals surface area contributed by atoms with Crippen molar-refractivity contribution in [3.05, 3.63) is 48.5 Å². The summed E-state index contributed by atoms with van der Waals surface area (Å²) < 4.78 is 10.8. The van der Waals surface area contributed by atoms with Crippen molar-refractivity contribution >= 4 is 23.2 Å². The maximum Gasteiger partial charge on any atom is 0.275 e. The molecular formula is C17H16N2O4. The Hall–Kier alpha value is -3.02. The fourth-order valence-corrected chi connectivity index (χ4v) is 2.23. The molecule has 2 amide bonds. The normalized spacial score (nSPS) is 15.9. The van der Waals surface area contributed by atoms with E-state index < -0.39 is 17.9 Å². The summed E-state index contributed by atoms with van der Waals surface area (Å²) in [7, 11) is 0. The van der Waals surface area contributed by atoms with Crippen molar-refractivity contribution < 1.29 is 19.1 Å². The standard InChI is InChI=1S/C17H16N2O4/c1-2-22-12-9-7-11(8-10-12)18-16(20)15-17(21)19-13-5-3-4-6-14(13)23-15/h3-10,15H,2H2,1H3,(H,18,20)(H,19,21)/t15-/m0/s1. The van der Waals surface area contributed by atoms with Gasteiger partial charge in [0.25, 0.3) is 17.9 Å². The fourth-order valence-electron chi connectivity index (χ4n) is 2.23. The summed E-state index contributed by atoms with van der Waals surface area (Å²) >= 11 is 0. The van der Waals surface area contributed by atoms with Crippen LogP contribution in [0, 0.1) is 0 Å². The molecule has 6 heteroatoms. The lowest BCUT2D eigenvalue weighted by Crippen LogP contribution is -2.45. The topological polar surface area (TPSA) is 76.7 Å². The van der Waals surface area contributed by atoms with Gasteiger partial charge in [0.1, 0.15) is 11.5 Å². The van der Waals surface area contributed by atoms with Gasteiger partial charge in [0, 0.05) is 5.69 Å². The number of anilines is 2. The fraction of sp³-hybridized carbons (Fsp3) is 0.176. The SMILES string of the molecule is CCOc1ccc(NC(=O)[C@@H]2Oc3ccccc3NC2=O)cc1. The Bertz CT molecular complexity index is 728. The lowest BCUT2D eigenvalue weighted by atomic mass is 10.2. The summed E-state index contributed by atoms with van der Waals surface area (Å²) in [5.41, 5.74) is 1.12. The van der Waals surface area contributed by atoms with E-state index in [0.29, 0.717) is 29.5 Å². The predicted octanol–water partition coefficient (Wildman–Crippen LogP) is 2.42. The van der Waals surface area contributed by atoms with E-state index in [9.17, 15) is 9.59 Å². The lowest BCUT2D eigenvalue weighted by molar-refractivity contribution is -0.133. The number of rotatable bonds is 4. The first-order valence-corrected chi connectivity index (χ1v) is 7.27. The minimum absolute atomic E-state index is 0.471. The number of hydrogen-bond acceptors (Lipinski definition) is 4. The molecule has 1 aliphatic heterocycles. The van der Waals surface area contributed by atoms with Crippen LogP contribution in [-0.4, -0.2) is 24.5 Å². The van der Waals surface area contributed by atoms with Gasteiger partial charge in [-0.3, -0.25) is 9.59 Å². The van der Waals surface area contributed by atoms with Gasteiger partial charge in [0.2, 0.25) is 0 Å². The van der Waals surface area contributed by atoms with E-state index in [0.717, 1.165) is 0 Å². The number of hydrogen-bond donors (Lipinski definition) is 2. The van der Waals surface area contributed by atoms with Crippen LogP contribution in [0.5, 0.6) is 11.5 Å². The van der Waals surface area contributed by atoms with Crippen LogP contribution in [-0.2, 0) is 9.59 Å².